The first kappa shape index (κ1) is 9.21. The Hall–Kier alpha value is -1.35. The molecule has 1 aromatic carbocycles. The van der Waals surface area contributed by atoms with Crippen molar-refractivity contribution in [2.24, 2.45) is 0 Å². The molecular formula is C11H10O2S. The SMILES string of the molecule is CCc1csc2ccc(C(=O)O)cc12. The Morgan fingerprint density at radius 3 is 2.93 bits per heavy atom. The lowest BCUT2D eigenvalue weighted by Gasteiger charge is -1.96. The predicted octanol–water partition coefficient (Wildman–Crippen LogP) is 3.16. The summed E-state index contributed by atoms with van der Waals surface area (Å²) in [6.07, 6.45) is 0.947. The van der Waals surface area contributed by atoms with Gasteiger partial charge in [0.1, 0.15) is 0 Å². The molecule has 14 heavy (non-hydrogen) atoms. The number of hydrogen-bond donors (Lipinski definition) is 1. The van der Waals surface area contributed by atoms with Crippen molar-refractivity contribution in [3.63, 3.8) is 0 Å². The zero-order valence-electron chi connectivity index (χ0n) is 7.78. The van der Waals surface area contributed by atoms with E-state index in [9.17, 15) is 4.79 Å². The van der Waals surface area contributed by atoms with Crippen molar-refractivity contribution in [3.05, 3.63) is 34.7 Å². The van der Waals surface area contributed by atoms with Crippen LogP contribution in [0.4, 0.5) is 0 Å². The van der Waals surface area contributed by atoms with E-state index in [2.05, 4.69) is 12.3 Å². The highest BCUT2D eigenvalue weighted by Crippen LogP contribution is 2.27. The lowest BCUT2D eigenvalue weighted by atomic mass is 10.1. The molecule has 1 aromatic heterocycles. The minimum absolute atomic E-state index is 0.366. The van der Waals surface area contributed by atoms with Crippen LogP contribution in [0.1, 0.15) is 22.8 Å². The highest BCUT2D eigenvalue weighted by Gasteiger charge is 2.07. The molecule has 2 nitrogen and oxygen atoms in total. The van der Waals surface area contributed by atoms with Gasteiger partial charge in [-0.25, -0.2) is 4.79 Å². The minimum atomic E-state index is -0.861. The highest BCUT2D eigenvalue weighted by molar-refractivity contribution is 7.17. The van der Waals surface area contributed by atoms with E-state index in [1.165, 1.54) is 5.56 Å². The molecule has 0 aliphatic carbocycles. The molecule has 0 aliphatic rings. The molecule has 0 unspecified atom stereocenters. The summed E-state index contributed by atoms with van der Waals surface area (Å²) in [4.78, 5) is 10.8. The monoisotopic (exact) mass is 206 g/mol. The Morgan fingerprint density at radius 1 is 1.50 bits per heavy atom. The number of thiophene rings is 1. The number of benzene rings is 1. The maximum absolute atomic E-state index is 10.8. The first-order valence-electron chi connectivity index (χ1n) is 4.45. The molecule has 0 atom stereocenters. The van der Waals surface area contributed by atoms with Crippen molar-refractivity contribution in [1.82, 2.24) is 0 Å². The van der Waals surface area contributed by atoms with E-state index in [0.717, 1.165) is 16.5 Å². The number of aryl methyl sites for hydroxylation is 1. The summed E-state index contributed by atoms with van der Waals surface area (Å²) in [5, 5.41) is 12.0. The van der Waals surface area contributed by atoms with Crippen LogP contribution < -0.4 is 0 Å². The van der Waals surface area contributed by atoms with E-state index in [0.29, 0.717) is 5.56 Å². The Kier molecular flexibility index (Phi) is 2.25. The van der Waals surface area contributed by atoms with Crippen LogP contribution in [0.2, 0.25) is 0 Å². The summed E-state index contributed by atoms with van der Waals surface area (Å²) in [5.41, 5.74) is 1.60. The molecule has 0 saturated heterocycles. The van der Waals surface area contributed by atoms with Gasteiger partial charge < -0.3 is 5.11 Å². The van der Waals surface area contributed by atoms with Crippen LogP contribution in [0.3, 0.4) is 0 Å². The molecule has 1 heterocycles. The average Bonchev–Trinajstić information content (AvgIpc) is 2.59. The van der Waals surface area contributed by atoms with Crippen LogP contribution in [0.15, 0.2) is 23.6 Å². The van der Waals surface area contributed by atoms with Gasteiger partial charge in [-0.3, -0.25) is 0 Å². The second-order valence-electron chi connectivity index (χ2n) is 3.13. The third-order valence-corrected chi connectivity index (χ3v) is 3.29. The third-order valence-electron chi connectivity index (χ3n) is 2.28. The molecule has 3 heteroatoms. The molecule has 0 radical (unpaired) electrons. The van der Waals surface area contributed by atoms with E-state index in [4.69, 9.17) is 5.11 Å². The lowest BCUT2D eigenvalue weighted by Crippen LogP contribution is -1.94. The molecule has 0 aliphatic heterocycles. The van der Waals surface area contributed by atoms with Gasteiger partial charge in [0, 0.05) is 4.70 Å². The Balaban J connectivity index is 2.67. The maximum atomic E-state index is 10.8. The number of fused-ring (bicyclic) bond motifs is 1. The highest BCUT2D eigenvalue weighted by atomic mass is 32.1. The van der Waals surface area contributed by atoms with Crippen LogP contribution in [0.25, 0.3) is 10.1 Å². The molecular weight excluding hydrogens is 196 g/mol. The van der Waals surface area contributed by atoms with Crippen molar-refractivity contribution in [1.29, 1.82) is 0 Å². The summed E-state index contributed by atoms with van der Waals surface area (Å²) in [6.45, 7) is 2.08. The standard InChI is InChI=1S/C11H10O2S/c1-2-7-6-14-10-4-3-8(11(12)13)5-9(7)10/h3-6H,2H2,1H3,(H,12,13). The van der Waals surface area contributed by atoms with Gasteiger partial charge in [0.05, 0.1) is 5.56 Å². The molecule has 2 rings (SSSR count). The Morgan fingerprint density at radius 2 is 2.29 bits per heavy atom. The van der Waals surface area contributed by atoms with Crippen LogP contribution in [0.5, 0.6) is 0 Å². The number of carboxylic acid groups (broad SMARTS) is 1. The zero-order chi connectivity index (χ0) is 10.1. The fraction of sp³-hybridized carbons (Fsp3) is 0.182. The van der Waals surface area contributed by atoms with Gasteiger partial charge in [-0.05, 0) is 40.9 Å². The van der Waals surface area contributed by atoms with Crippen molar-refractivity contribution >= 4 is 27.4 Å². The second-order valence-corrected chi connectivity index (χ2v) is 4.04. The van der Waals surface area contributed by atoms with E-state index >= 15 is 0 Å². The van der Waals surface area contributed by atoms with Gasteiger partial charge >= 0.3 is 5.97 Å². The molecule has 0 fully saturated rings. The van der Waals surface area contributed by atoms with E-state index in [1.807, 2.05) is 6.07 Å². The summed E-state index contributed by atoms with van der Waals surface area (Å²) in [5.74, 6) is -0.861. The van der Waals surface area contributed by atoms with Crippen molar-refractivity contribution in [2.75, 3.05) is 0 Å². The number of carboxylic acids is 1. The number of carbonyl (C=O) groups is 1. The van der Waals surface area contributed by atoms with E-state index in [1.54, 1.807) is 23.5 Å². The zero-order valence-corrected chi connectivity index (χ0v) is 8.60. The normalized spacial score (nSPS) is 10.6. The molecule has 2 aromatic rings. The Bertz CT molecular complexity index is 485. The number of hydrogen-bond acceptors (Lipinski definition) is 2. The van der Waals surface area contributed by atoms with Crippen LogP contribution in [-0.2, 0) is 6.42 Å². The first-order chi connectivity index (χ1) is 6.72. The molecule has 0 saturated carbocycles. The summed E-state index contributed by atoms with van der Waals surface area (Å²) >= 11 is 1.67. The first-order valence-corrected chi connectivity index (χ1v) is 5.33. The quantitative estimate of drug-likeness (QED) is 0.819. The van der Waals surface area contributed by atoms with E-state index in [-0.39, 0.29) is 0 Å². The predicted molar refractivity (Wildman–Crippen MR) is 58.2 cm³/mol. The van der Waals surface area contributed by atoms with Crippen molar-refractivity contribution in [3.8, 4) is 0 Å². The molecule has 72 valence electrons. The van der Waals surface area contributed by atoms with Crippen LogP contribution in [0, 0.1) is 0 Å². The van der Waals surface area contributed by atoms with Gasteiger partial charge in [0.25, 0.3) is 0 Å². The molecule has 0 spiro atoms. The summed E-state index contributed by atoms with van der Waals surface area (Å²) in [6, 6.07) is 5.29. The maximum Gasteiger partial charge on any atom is 0.335 e. The number of aromatic carboxylic acids is 1. The molecule has 0 bridgehead atoms. The van der Waals surface area contributed by atoms with Gasteiger partial charge in [-0.1, -0.05) is 6.92 Å². The van der Waals surface area contributed by atoms with Gasteiger partial charge in [0.2, 0.25) is 0 Å². The summed E-state index contributed by atoms with van der Waals surface area (Å²) < 4.78 is 1.16. The summed E-state index contributed by atoms with van der Waals surface area (Å²) in [7, 11) is 0. The molecule has 1 N–H and O–H groups in total. The second kappa shape index (κ2) is 3.42. The van der Waals surface area contributed by atoms with Gasteiger partial charge in [-0.2, -0.15) is 0 Å². The van der Waals surface area contributed by atoms with Gasteiger partial charge in [-0.15, -0.1) is 11.3 Å². The minimum Gasteiger partial charge on any atom is -0.478 e. The fourth-order valence-corrected chi connectivity index (χ4v) is 2.52. The van der Waals surface area contributed by atoms with Crippen LogP contribution in [-0.4, -0.2) is 11.1 Å². The van der Waals surface area contributed by atoms with Gasteiger partial charge in [0.15, 0.2) is 0 Å². The Labute approximate surface area is 85.8 Å². The van der Waals surface area contributed by atoms with Crippen LogP contribution >= 0.6 is 11.3 Å². The van der Waals surface area contributed by atoms with Crippen molar-refractivity contribution < 1.29 is 9.90 Å². The lowest BCUT2D eigenvalue weighted by molar-refractivity contribution is 0.0697. The van der Waals surface area contributed by atoms with E-state index < -0.39 is 5.97 Å². The smallest absolute Gasteiger partial charge is 0.335 e. The average molecular weight is 206 g/mol. The largest absolute Gasteiger partial charge is 0.478 e. The third kappa shape index (κ3) is 1.40. The fourth-order valence-electron chi connectivity index (χ4n) is 1.49. The topological polar surface area (TPSA) is 37.3 Å². The van der Waals surface area contributed by atoms with Crippen molar-refractivity contribution in [2.45, 2.75) is 13.3 Å². The number of rotatable bonds is 2. The molecule has 0 amide bonds.